The maximum atomic E-state index is 6.40. The summed E-state index contributed by atoms with van der Waals surface area (Å²) in [5.74, 6) is 0. The van der Waals surface area contributed by atoms with Crippen LogP contribution in [0.1, 0.15) is 18.2 Å². The van der Waals surface area contributed by atoms with Gasteiger partial charge in [0, 0.05) is 38.4 Å². The number of aromatic nitrogens is 1. The third-order valence-corrected chi connectivity index (χ3v) is 3.75. The zero-order chi connectivity index (χ0) is 15.1. The highest BCUT2D eigenvalue weighted by Crippen LogP contribution is 2.29. The average molecular weight is 304 g/mol. The summed E-state index contributed by atoms with van der Waals surface area (Å²) in [5, 5.41) is 4.16. The van der Waals surface area contributed by atoms with Crippen LogP contribution >= 0.6 is 11.6 Å². The first-order valence-corrected chi connectivity index (χ1v) is 7.69. The van der Waals surface area contributed by atoms with Crippen molar-refractivity contribution in [1.29, 1.82) is 0 Å². The van der Waals surface area contributed by atoms with Crippen LogP contribution in [0, 0.1) is 0 Å². The van der Waals surface area contributed by atoms with E-state index in [2.05, 4.69) is 41.3 Å². The molecule has 0 unspecified atom stereocenters. The summed E-state index contributed by atoms with van der Waals surface area (Å²) in [7, 11) is 2.08. The summed E-state index contributed by atoms with van der Waals surface area (Å²) in [5.41, 5.74) is 3.44. The second kappa shape index (κ2) is 8.01. The molecular weight excluding hydrogens is 282 g/mol. The van der Waals surface area contributed by atoms with Crippen molar-refractivity contribution >= 4 is 17.3 Å². The quantitative estimate of drug-likeness (QED) is 0.848. The monoisotopic (exact) mass is 303 g/mol. The lowest BCUT2D eigenvalue weighted by atomic mass is 10.1. The first-order chi connectivity index (χ1) is 10.2. The van der Waals surface area contributed by atoms with Gasteiger partial charge in [-0.2, -0.15) is 0 Å². The van der Waals surface area contributed by atoms with Gasteiger partial charge in [-0.05, 0) is 30.3 Å². The molecule has 21 heavy (non-hydrogen) atoms. The molecule has 0 atom stereocenters. The topological polar surface area (TPSA) is 28.2 Å². The van der Waals surface area contributed by atoms with Gasteiger partial charge in [0.2, 0.25) is 0 Å². The van der Waals surface area contributed by atoms with Crippen LogP contribution in [0.5, 0.6) is 0 Å². The molecule has 0 bridgehead atoms. The Bertz CT molecular complexity index is 557. The van der Waals surface area contributed by atoms with E-state index in [1.165, 1.54) is 5.56 Å². The molecule has 1 N–H and O–H groups in total. The fourth-order valence-electron chi connectivity index (χ4n) is 2.33. The number of para-hydroxylation sites is 1. The fourth-order valence-corrected chi connectivity index (χ4v) is 2.67. The summed E-state index contributed by atoms with van der Waals surface area (Å²) in [6.45, 7) is 4.78. The van der Waals surface area contributed by atoms with E-state index in [0.717, 1.165) is 42.5 Å². The van der Waals surface area contributed by atoms with Crippen molar-refractivity contribution in [1.82, 2.24) is 10.3 Å². The molecule has 0 aliphatic rings. The average Bonchev–Trinajstić information content (AvgIpc) is 2.51. The zero-order valence-electron chi connectivity index (χ0n) is 12.6. The second-order valence-electron chi connectivity index (χ2n) is 5.02. The van der Waals surface area contributed by atoms with Crippen LogP contribution in [0.2, 0.25) is 5.02 Å². The first-order valence-electron chi connectivity index (χ1n) is 7.31. The number of pyridine rings is 1. The molecule has 0 fully saturated rings. The van der Waals surface area contributed by atoms with Crippen LogP contribution in [-0.4, -0.2) is 25.1 Å². The molecule has 0 aliphatic carbocycles. The number of nitrogens with zero attached hydrogens (tertiary/aromatic N) is 2. The van der Waals surface area contributed by atoms with Crippen molar-refractivity contribution in [2.75, 3.05) is 25.0 Å². The van der Waals surface area contributed by atoms with Gasteiger partial charge >= 0.3 is 0 Å². The normalized spacial score (nSPS) is 10.6. The second-order valence-corrected chi connectivity index (χ2v) is 5.43. The van der Waals surface area contributed by atoms with Crippen LogP contribution < -0.4 is 10.2 Å². The van der Waals surface area contributed by atoms with Crippen LogP contribution in [0.15, 0.2) is 42.6 Å². The van der Waals surface area contributed by atoms with Crippen molar-refractivity contribution in [3.8, 4) is 0 Å². The van der Waals surface area contributed by atoms with Crippen LogP contribution in [0.3, 0.4) is 0 Å². The number of halogens is 1. The minimum Gasteiger partial charge on any atom is -0.373 e. The number of hydrogen-bond donors (Lipinski definition) is 1. The Morgan fingerprint density at radius 2 is 2.05 bits per heavy atom. The van der Waals surface area contributed by atoms with Crippen molar-refractivity contribution in [2.45, 2.75) is 19.9 Å². The lowest BCUT2D eigenvalue weighted by molar-refractivity contribution is 0.722. The highest BCUT2D eigenvalue weighted by molar-refractivity contribution is 6.33. The Morgan fingerprint density at radius 3 is 2.76 bits per heavy atom. The molecule has 0 radical (unpaired) electrons. The van der Waals surface area contributed by atoms with Gasteiger partial charge in [-0.1, -0.05) is 36.7 Å². The van der Waals surface area contributed by atoms with E-state index in [-0.39, 0.29) is 0 Å². The molecule has 0 amide bonds. The number of nitrogens with one attached hydrogen (secondary N) is 1. The van der Waals surface area contributed by atoms with Crippen molar-refractivity contribution in [3.05, 3.63) is 58.9 Å². The molecule has 112 valence electrons. The summed E-state index contributed by atoms with van der Waals surface area (Å²) >= 11 is 6.40. The number of likely N-dealkylation sites (N-methyl/N-ethyl adjacent to an activating group) is 1. The third-order valence-electron chi connectivity index (χ3n) is 3.45. The summed E-state index contributed by atoms with van der Waals surface area (Å²) in [6.07, 6.45) is 2.74. The molecule has 2 rings (SSSR count). The molecule has 1 aromatic heterocycles. The third kappa shape index (κ3) is 4.45. The van der Waals surface area contributed by atoms with Crippen LogP contribution in [-0.2, 0) is 13.0 Å². The zero-order valence-corrected chi connectivity index (χ0v) is 13.4. The van der Waals surface area contributed by atoms with Crippen LogP contribution in [0.4, 0.5) is 5.69 Å². The number of hydrogen-bond acceptors (Lipinski definition) is 3. The van der Waals surface area contributed by atoms with Crippen LogP contribution in [0.25, 0.3) is 0 Å². The predicted molar refractivity (Wildman–Crippen MR) is 90.0 cm³/mol. The molecule has 2 aromatic rings. The maximum Gasteiger partial charge on any atom is 0.0642 e. The van der Waals surface area contributed by atoms with E-state index in [1.807, 2.05) is 30.5 Å². The largest absolute Gasteiger partial charge is 0.373 e. The van der Waals surface area contributed by atoms with E-state index >= 15 is 0 Å². The molecule has 1 heterocycles. The Hall–Kier alpha value is -1.58. The Labute approximate surface area is 132 Å². The minimum atomic E-state index is 0.800. The highest BCUT2D eigenvalue weighted by atomic mass is 35.5. The fraction of sp³-hybridized carbons (Fsp3) is 0.353. The van der Waals surface area contributed by atoms with Gasteiger partial charge in [0.1, 0.15) is 0 Å². The Balaban J connectivity index is 2.08. The Kier molecular flexibility index (Phi) is 6.03. The van der Waals surface area contributed by atoms with E-state index in [9.17, 15) is 0 Å². The molecule has 0 aliphatic heterocycles. The standard InChI is InChI=1S/C17H22ClN3/c1-3-19-13-14-7-6-9-16(18)17(14)21(2)12-10-15-8-4-5-11-20-15/h4-9,11,19H,3,10,12-13H2,1-2H3. The van der Waals surface area contributed by atoms with E-state index in [0.29, 0.717) is 0 Å². The van der Waals surface area contributed by atoms with E-state index in [4.69, 9.17) is 11.6 Å². The molecule has 4 heteroatoms. The van der Waals surface area contributed by atoms with E-state index < -0.39 is 0 Å². The number of rotatable bonds is 7. The maximum absolute atomic E-state index is 6.40. The molecule has 3 nitrogen and oxygen atoms in total. The van der Waals surface area contributed by atoms with Gasteiger partial charge < -0.3 is 10.2 Å². The van der Waals surface area contributed by atoms with Crippen molar-refractivity contribution < 1.29 is 0 Å². The molecule has 1 aromatic carbocycles. The summed E-state index contributed by atoms with van der Waals surface area (Å²) in [4.78, 5) is 6.58. The van der Waals surface area contributed by atoms with Gasteiger partial charge in [-0.25, -0.2) is 0 Å². The van der Waals surface area contributed by atoms with Crippen molar-refractivity contribution in [2.24, 2.45) is 0 Å². The molecule has 0 saturated carbocycles. The lowest BCUT2D eigenvalue weighted by Crippen LogP contribution is -2.24. The van der Waals surface area contributed by atoms with Gasteiger partial charge in [0.15, 0.2) is 0 Å². The van der Waals surface area contributed by atoms with Gasteiger partial charge in [-0.3, -0.25) is 4.98 Å². The first kappa shape index (κ1) is 15.8. The van der Waals surface area contributed by atoms with Gasteiger partial charge in [0.25, 0.3) is 0 Å². The van der Waals surface area contributed by atoms with E-state index in [1.54, 1.807) is 0 Å². The highest BCUT2D eigenvalue weighted by Gasteiger charge is 2.11. The predicted octanol–water partition coefficient (Wildman–Crippen LogP) is 3.52. The van der Waals surface area contributed by atoms with Gasteiger partial charge in [-0.15, -0.1) is 0 Å². The molecule has 0 saturated heterocycles. The number of benzene rings is 1. The molecule has 0 spiro atoms. The van der Waals surface area contributed by atoms with Crippen molar-refractivity contribution in [3.63, 3.8) is 0 Å². The summed E-state index contributed by atoms with van der Waals surface area (Å²) < 4.78 is 0. The SMILES string of the molecule is CCNCc1cccc(Cl)c1N(C)CCc1ccccn1. The summed E-state index contributed by atoms with van der Waals surface area (Å²) in [6, 6.07) is 12.1. The smallest absolute Gasteiger partial charge is 0.0642 e. The minimum absolute atomic E-state index is 0.800. The van der Waals surface area contributed by atoms with Gasteiger partial charge in [0.05, 0.1) is 10.7 Å². The number of anilines is 1. The lowest BCUT2D eigenvalue weighted by Gasteiger charge is -2.24. The Morgan fingerprint density at radius 1 is 1.19 bits per heavy atom. The molecular formula is C17H22ClN3.